The van der Waals surface area contributed by atoms with Crippen molar-refractivity contribution in [3.63, 3.8) is 0 Å². The van der Waals surface area contributed by atoms with E-state index in [2.05, 4.69) is 15.0 Å². The normalized spacial score (nSPS) is 14.9. The number of aryl methyl sites for hydroxylation is 1. The number of fused-ring (bicyclic) bond motifs is 2. The highest BCUT2D eigenvalue weighted by Crippen LogP contribution is 2.32. The van der Waals surface area contributed by atoms with Crippen molar-refractivity contribution in [1.82, 2.24) is 9.71 Å². The number of hydrogen-bond donors (Lipinski definition) is 2. The van der Waals surface area contributed by atoms with Crippen molar-refractivity contribution in [3.05, 3.63) is 41.4 Å². The van der Waals surface area contributed by atoms with Crippen molar-refractivity contribution in [1.29, 1.82) is 0 Å². The number of aromatic nitrogens is 1. The van der Waals surface area contributed by atoms with E-state index in [0.29, 0.717) is 30.4 Å². The molecule has 8 nitrogen and oxygen atoms in total. The molecule has 3 aromatic rings. The molecule has 0 bridgehead atoms. The fourth-order valence-electron chi connectivity index (χ4n) is 3.03. The van der Waals surface area contributed by atoms with Crippen molar-refractivity contribution in [2.75, 3.05) is 18.5 Å². The van der Waals surface area contributed by atoms with Crippen molar-refractivity contribution in [2.45, 2.75) is 31.2 Å². The van der Waals surface area contributed by atoms with Gasteiger partial charge in [-0.3, -0.25) is 4.79 Å². The smallest absolute Gasteiger partial charge is 0.242 e. The third-order valence-electron chi connectivity index (χ3n) is 4.52. The van der Waals surface area contributed by atoms with Crippen LogP contribution in [0.25, 0.3) is 10.2 Å². The number of rotatable bonds is 5. The maximum atomic E-state index is 12.8. The quantitative estimate of drug-likeness (QED) is 0.623. The van der Waals surface area contributed by atoms with Gasteiger partial charge >= 0.3 is 0 Å². The Hall–Kier alpha value is -2.69. The second-order valence-corrected chi connectivity index (χ2v) is 9.86. The van der Waals surface area contributed by atoms with Crippen LogP contribution in [0.5, 0.6) is 11.5 Å². The second-order valence-electron chi connectivity index (χ2n) is 6.91. The number of carbonyl (C=O) groups is 1. The van der Waals surface area contributed by atoms with Crippen LogP contribution in [0.1, 0.15) is 18.4 Å². The summed E-state index contributed by atoms with van der Waals surface area (Å²) in [4.78, 5) is 16.9. The average molecular weight is 448 g/mol. The third-order valence-corrected chi connectivity index (χ3v) is 6.99. The summed E-state index contributed by atoms with van der Waals surface area (Å²) in [6, 6.07) is 8.80. The average Bonchev–Trinajstić information content (AvgIpc) is 2.91. The third kappa shape index (κ3) is 4.40. The number of nitrogens with zero attached hydrogens (tertiary/aromatic N) is 1. The molecule has 0 spiro atoms. The van der Waals surface area contributed by atoms with Crippen LogP contribution in [-0.4, -0.2) is 38.6 Å². The molecule has 10 heteroatoms. The van der Waals surface area contributed by atoms with Crippen LogP contribution in [0.4, 0.5) is 5.69 Å². The highest BCUT2D eigenvalue weighted by Gasteiger charge is 2.24. The van der Waals surface area contributed by atoms with Crippen LogP contribution in [0.2, 0.25) is 0 Å². The van der Waals surface area contributed by atoms with Gasteiger partial charge in [-0.05, 0) is 44.2 Å². The van der Waals surface area contributed by atoms with Crippen molar-refractivity contribution < 1.29 is 22.7 Å². The highest BCUT2D eigenvalue weighted by atomic mass is 32.2. The maximum absolute atomic E-state index is 12.8. The van der Waals surface area contributed by atoms with Crippen molar-refractivity contribution >= 4 is 43.2 Å². The summed E-state index contributed by atoms with van der Waals surface area (Å²) < 4.78 is 39.9. The van der Waals surface area contributed by atoms with E-state index in [1.54, 1.807) is 12.1 Å². The summed E-state index contributed by atoms with van der Waals surface area (Å²) in [6.45, 7) is 4.37. The van der Waals surface area contributed by atoms with Gasteiger partial charge in [0.15, 0.2) is 11.5 Å². The Labute approximate surface area is 178 Å². The number of anilines is 1. The molecular formula is C20H21N3O5S2. The number of thiazole rings is 1. The lowest BCUT2D eigenvalue weighted by atomic mass is 10.2. The van der Waals surface area contributed by atoms with Gasteiger partial charge < -0.3 is 14.8 Å². The topological polar surface area (TPSA) is 107 Å². The fraction of sp³-hybridized carbons (Fsp3) is 0.300. The van der Waals surface area contributed by atoms with E-state index < -0.39 is 22.0 Å². The zero-order valence-electron chi connectivity index (χ0n) is 16.5. The van der Waals surface area contributed by atoms with Gasteiger partial charge in [-0.25, -0.2) is 13.4 Å². The monoisotopic (exact) mass is 447 g/mol. The first-order chi connectivity index (χ1) is 14.3. The van der Waals surface area contributed by atoms with E-state index in [0.717, 1.165) is 21.6 Å². The van der Waals surface area contributed by atoms with Gasteiger partial charge in [0, 0.05) is 18.2 Å². The minimum atomic E-state index is -3.93. The molecule has 2 aromatic carbocycles. The van der Waals surface area contributed by atoms with Crippen LogP contribution < -0.4 is 19.5 Å². The van der Waals surface area contributed by atoms with E-state index in [1.807, 2.05) is 19.1 Å². The molecule has 1 amide bonds. The number of sulfonamides is 1. The first-order valence-electron chi connectivity index (χ1n) is 9.42. The van der Waals surface area contributed by atoms with Gasteiger partial charge in [0.25, 0.3) is 0 Å². The number of ether oxygens (including phenoxy) is 2. The number of amides is 1. The van der Waals surface area contributed by atoms with Gasteiger partial charge in [0.2, 0.25) is 15.9 Å². The van der Waals surface area contributed by atoms with Crippen LogP contribution in [0, 0.1) is 6.92 Å². The highest BCUT2D eigenvalue weighted by molar-refractivity contribution is 7.89. The molecule has 0 aliphatic carbocycles. The lowest BCUT2D eigenvalue weighted by molar-refractivity contribution is -0.117. The molecule has 0 radical (unpaired) electrons. The molecule has 0 unspecified atom stereocenters. The molecule has 0 saturated heterocycles. The Morgan fingerprint density at radius 1 is 1.13 bits per heavy atom. The van der Waals surface area contributed by atoms with Gasteiger partial charge in [-0.15, -0.1) is 11.3 Å². The fourth-order valence-corrected chi connectivity index (χ4v) is 5.12. The summed E-state index contributed by atoms with van der Waals surface area (Å²) in [5.41, 5.74) is 1.44. The number of nitrogens with one attached hydrogen (secondary N) is 2. The second kappa shape index (κ2) is 8.21. The van der Waals surface area contributed by atoms with E-state index >= 15 is 0 Å². The summed E-state index contributed by atoms with van der Waals surface area (Å²) in [7, 11) is -3.93. The zero-order valence-corrected chi connectivity index (χ0v) is 18.1. The molecule has 0 saturated carbocycles. The standard InChI is InChI=1S/C20H21N3O5S2/c1-12(20(24)22-14-4-6-16-19(10-14)29-13(2)21-16)23-30(25,26)15-5-7-17-18(11-15)28-9-3-8-27-17/h4-7,10-12,23H,3,8-9H2,1-2H3,(H,22,24)/t12-/m0/s1. The molecule has 1 aliphatic rings. The molecule has 158 valence electrons. The number of carbonyl (C=O) groups excluding carboxylic acids is 1. The van der Waals surface area contributed by atoms with E-state index in [9.17, 15) is 13.2 Å². The molecule has 4 rings (SSSR count). The Balaban J connectivity index is 1.46. The Bertz CT molecular complexity index is 1210. The summed E-state index contributed by atoms with van der Waals surface area (Å²) in [5, 5.41) is 3.68. The lowest BCUT2D eigenvalue weighted by Crippen LogP contribution is -2.41. The summed E-state index contributed by atoms with van der Waals surface area (Å²) in [6.07, 6.45) is 0.721. The predicted molar refractivity (Wildman–Crippen MR) is 115 cm³/mol. The molecule has 0 fully saturated rings. The summed E-state index contributed by atoms with van der Waals surface area (Å²) in [5.74, 6) is 0.417. The van der Waals surface area contributed by atoms with Crippen molar-refractivity contribution in [3.8, 4) is 11.5 Å². The minimum absolute atomic E-state index is 0.00737. The Kier molecular flexibility index (Phi) is 5.63. The van der Waals surface area contributed by atoms with Crippen molar-refractivity contribution in [2.24, 2.45) is 0 Å². The van der Waals surface area contributed by atoms with Crippen LogP contribution in [0.15, 0.2) is 41.3 Å². The molecule has 1 atom stereocenters. The first-order valence-corrected chi connectivity index (χ1v) is 11.7. The van der Waals surface area contributed by atoms with Crippen LogP contribution in [0.3, 0.4) is 0 Å². The Morgan fingerprint density at radius 2 is 1.90 bits per heavy atom. The molecule has 1 aromatic heterocycles. The van der Waals surface area contributed by atoms with E-state index in [-0.39, 0.29) is 4.90 Å². The minimum Gasteiger partial charge on any atom is -0.490 e. The maximum Gasteiger partial charge on any atom is 0.242 e. The van der Waals surface area contributed by atoms with Crippen LogP contribution in [-0.2, 0) is 14.8 Å². The van der Waals surface area contributed by atoms with E-state index in [1.165, 1.54) is 30.4 Å². The molecule has 2 heterocycles. The molecule has 30 heavy (non-hydrogen) atoms. The Morgan fingerprint density at radius 3 is 2.70 bits per heavy atom. The largest absolute Gasteiger partial charge is 0.490 e. The molecule has 2 N–H and O–H groups in total. The van der Waals surface area contributed by atoms with Crippen LogP contribution >= 0.6 is 11.3 Å². The van der Waals surface area contributed by atoms with E-state index in [4.69, 9.17) is 9.47 Å². The predicted octanol–water partition coefficient (Wildman–Crippen LogP) is 3.07. The molecule has 1 aliphatic heterocycles. The number of benzene rings is 2. The first kappa shape index (κ1) is 20.6. The lowest BCUT2D eigenvalue weighted by Gasteiger charge is -2.15. The molecular weight excluding hydrogens is 426 g/mol. The SMILES string of the molecule is Cc1nc2ccc(NC(=O)[C@H](C)NS(=O)(=O)c3ccc4c(c3)OCCCO4)cc2s1. The zero-order chi connectivity index (χ0) is 21.3. The number of hydrogen-bond acceptors (Lipinski definition) is 7. The van der Waals surface area contributed by atoms with Gasteiger partial charge in [0.1, 0.15) is 0 Å². The van der Waals surface area contributed by atoms with Gasteiger partial charge in [-0.1, -0.05) is 0 Å². The van der Waals surface area contributed by atoms with Gasteiger partial charge in [0.05, 0.1) is 39.4 Å². The van der Waals surface area contributed by atoms with Gasteiger partial charge in [-0.2, -0.15) is 4.72 Å². The summed E-state index contributed by atoms with van der Waals surface area (Å²) >= 11 is 1.53.